The number of nitrogens with zero attached hydrogens (tertiary/aromatic N) is 1. The van der Waals surface area contributed by atoms with Gasteiger partial charge in [-0.3, -0.25) is 4.90 Å². The first-order valence-corrected chi connectivity index (χ1v) is 8.12. The lowest BCUT2D eigenvalue weighted by Gasteiger charge is -2.46. The standard InChI is InChI=1S/C17H36N2O/c1-13(2)14-11-18-15(16(3,4)5)12-19(14)9-10-20-17(6,7)8/h13-15,18H,9-12H2,1-8H3. The summed E-state index contributed by atoms with van der Waals surface area (Å²) in [5.41, 5.74) is 0.274. The van der Waals surface area contributed by atoms with Gasteiger partial charge in [-0.05, 0) is 32.1 Å². The number of hydrogen-bond acceptors (Lipinski definition) is 3. The Balaban J connectivity index is 2.60. The van der Waals surface area contributed by atoms with Crippen molar-refractivity contribution in [2.75, 3.05) is 26.2 Å². The Kier molecular flexibility index (Phi) is 6.06. The van der Waals surface area contributed by atoms with Crippen molar-refractivity contribution in [2.24, 2.45) is 11.3 Å². The van der Waals surface area contributed by atoms with Crippen molar-refractivity contribution in [1.29, 1.82) is 0 Å². The molecule has 1 aliphatic rings. The summed E-state index contributed by atoms with van der Waals surface area (Å²) in [4.78, 5) is 2.63. The van der Waals surface area contributed by atoms with Crippen molar-refractivity contribution >= 4 is 0 Å². The topological polar surface area (TPSA) is 24.5 Å². The summed E-state index contributed by atoms with van der Waals surface area (Å²) in [6.45, 7) is 22.1. The molecule has 1 saturated heterocycles. The van der Waals surface area contributed by atoms with Crippen molar-refractivity contribution in [1.82, 2.24) is 10.2 Å². The lowest BCUT2D eigenvalue weighted by Crippen LogP contribution is -2.62. The highest BCUT2D eigenvalue weighted by molar-refractivity contribution is 4.92. The summed E-state index contributed by atoms with van der Waals surface area (Å²) in [6, 6.07) is 1.18. The molecule has 2 atom stereocenters. The fraction of sp³-hybridized carbons (Fsp3) is 1.00. The van der Waals surface area contributed by atoms with Gasteiger partial charge >= 0.3 is 0 Å². The molecule has 0 aromatic rings. The quantitative estimate of drug-likeness (QED) is 0.858. The van der Waals surface area contributed by atoms with Gasteiger partial charge in [-0.25, -0.2) is 0 Å². The van der Waals surface area contributed by atoms with Gasteiger partial charge in [-0.15, -0.1) is 0 Å². The molecule has 1 fully saturated rings. The van der Waals surface area contributed by atoms with E-state index in [4.69, 9.17) is 4.74 Å². The van der Waals surface area contributed by atoms with Crippen LogP contribution in [0.25, 0.3) is 0 Å². The SMILES string of the molecule is CC(C)C1CNC(C(C)(C)C)CN1CCOC(C)(C)C. The molecule has 0 aliphatic carbocycles. The highest BCUT2D eigenvalue weighted by Crippen LogP contribution is 2.25. The fourth-order valence-corrected chi connectivity index (χ4v) is 2.79. The summed E-state index contributed by atoms with van der Waals surface area (Å²) in [7, 11) is 0. The molecule has 0 aromatic carbocycles. The third kappa shape index (κ3) is 5.71. The summed E-state index contributed by atoms with van der Waals surface area (Å²) in [5.74, 6) is 0.679. The number of piperazine rings is 1. The smallest absolute Gasteiger partial charge is 0.0600 e. The van der Waals surface area contributed by atoms with Crippen LogP contribution in [-0.4, -0.2) is 48.8 Å². The zero-order valence-electron chi connectivity index (χ0n) is 14.9. The van der Waals surface area contributed by atoms with Crippen LogP contribution in [0.1, 0.15) is 55.4 Å². The van der Waals surface area contributed by atoms with E-state index < -0.39 is 0 Å². The zero-order valence-corrected chi connectivity index (χ0v) is 14.9. The van der Waals surface area contributed by atoms with Crippen molar-refractivity contribution < 1.29 is 4.74 Å². The number of ether oxygens (including phenoxy) is 1. The Morgan fingerprint density at radius 1 is 1.15 bits per heavy atom. The predicted octanol–water partition coefficient (Wildman–Crippen LogP) is 3.15. The van der Waals surface area contributed by atoms with Crippen LogP contribution in [-0.2, 0) is 4.74 Å². The maximum absolute atomic E-state index is 5.92. The van der Waals surface area contributed by atoms with E-state index in [1.54, 1.807) is 0 Å². The van der Waals surface area contributed by atoms with Crippen molar-refractivity contribution in [3.8, 4) is 0 Å². The summed E-state index contributed by atoms with van der Waals surface area (Å²) < 4.78 is 5.92. The van der Waals surface area contributed by atoms with E-state index >= 15 is 0 Å². The van der Waals surface area contributed by atoms with Gasteiger partial charge in [0, 0.05) is 31.7 Å². The third-order valence-corrected chi connectivity index (χ3v) is 4.19. The summed E-state index contributed by atoms with van der Waals surface area (Å²) in [6.07, 6.45) is 0. The molecule has 20 heavy (non-hydrogen) atoms. The van der Waals surface area contributed by atoms with Crippen LogP contribution < -0.4 is 5.32 Å². The highest BCUT2D eigenvalue weighted by atomic mass is 16.5. The predicted molar refractivity (Wildman–Crippen MR) is 87.1 cm³/mol. The lowest BCUT2D eigenvalue weighted by molar-refractivity contribution is -0.0299. The molecule has 1 aliphatic heterocycles. The molecule has 0 saturated carbocycles. The number of nitrogens with one attached hydrogen (secondary N) is 1. The van der Waals surface area contributed by atoms with Gasteiger partial charge in [0.2, 0.25) is 0 Å². The first-order chi connectivity index (χ1) is 9.00. The van der Waals surface area contributed by atoms with Crippen molar-refractivity contribution in [3.63, 3.8) is 0 Å². The molecule has 120 valence electrons. The molecule has 0 spiro atoms. The lowest BCUT2D eigenvalue weighted by atomic mass is 9.83. The molecule has 3 nitrogen and oxygen atoms in total. The van der Waals surface area contributed by atoms with Crippen LogP contribution in [0.4, 0.5) is 0 Å². The van der Waals surface area contributed by atoms with Crippen LogP contribution in [0, 0.1) is 11.3 Å². The van der Waals surface area contributed by atoms with Crippen molar-refractivity contribution in [2.45, 2.75) is 73.1 Å². The molecule has 0 aromatic heterocycles. The molecular formula is C17H36N2O. The number of hydrogen-bond donors (Lipinski definition) is 1. The van der Waals surface area contributed by atoms with E-state index in [0.29, 0.717) is 23.4 Å². The van der Waals surface area contributed by atoms with Crippen LogP contribution in [0.5, 0.6) is 0 Å². The molecule has 1 rings (SSSR count). The van der Waals surface area contributed by atoms with E-state index in [-0.39, 0.29) is 5.60 Å². The Hall–Kier alpha value is -0.120. The second kappa shape index (κ2) is 6.76. The van der Waals surface area contributed by atoms with E-state index in [9.17, 15) is 0 Å². The maximum atomic E-state index is 5.92. The van der Waals surface area contributed by atoms with E-state index in [0.717, 1.165) is 26.2 Å². The molecule has 0 bridgehead atoms. The van der Waals surface area contributed by atoms with Crippen LogP contribution in [0.3, 0.4) is 0 Å². The molecular weight excluding hydrogens is 248 g/mol. The first kappa shape index (κ1) is 17.9. The Labute approximate surface area is 126 Å². The zero-order chi connectivity index (χ0) is 15.6. The summed E-state index contributed by atoms with van der Waals surface area (Å²) >= 11 is 0. The van der Waals surface area contributed by atoms with Gasteiger partial charge < -0.3 is 10.1 Å². The Morgan fingerprint density at radius 3 is 2.20 bits per heavy atom. The molecule has 2 unspecified atom stereocenters. The maximum Gasteiger partial charge on any atom is 0.0600 e. The Morgan fingerprint density at radius 2 is 1.75 bits per heavy atom. The average Bonchev–Trinajstić information content (AvgIpc) is 2.25. The minimum atomic E-state index is -0.0369. The van der Waals surface area contributed by atoms with Gasteiger partial charge in [0.25, 0.3) is 0 Å². The largest absolute Gasteiger partial charge is 0.375 e. The number of rotatable bonds is 4. The van der Waals surface area contributed by atoms with E-state index in [1.165, 1.54) is 0 Å². The average molecular weight is 284 g/mol. The van der Waals surface area contributed by atoms with Gasteiger partial charge in [0.05, 0.1) is 12.2 Å². The van der Waals surface area contributed by atoms with Gasteiger partial charge in [-0.1, -0.05) is 34.6 Å². The van der Waals surface area contributed by atoms with Crippen LogP contribution >= 0.6 is 0 Å². The van der Waals surface area contributed by atoms with Gasteiger partial charge in [-0.2, -0.15) is 0 Å². The van der Waals surface area contributed by atoms with Gasteiger partial charge in [0.1, 0.15) is 0 Å². The summed E-state index contributed by atoms with van der Waals surface area (Å²) in [5, 5.41) is 3.74. The molecule has 0 radical (unpaired) electrons. The third-order valence-electron chi connectivity index (χ3n) is 4.19. The molecule has 1 N–H and O–H groups in total. The molecule has 3 heteroatoms. The van der Waals surface area contributed by atoms with Crippen molar-refractivity contribution in [3.05, 3.63) is 0 Å². The van der Waals surface area contributed by atoms with E-state index in [1.807, 2.05) is 0 Å². The first-order valence-electron chi connectivity index (χ1n) is 8.12. The van der Waals surface area contributed by atoms with Crippen LogP contribution in [0.15, 0.2) is 0 Å². The minimum absolute atomic E-state index is 0.0369. The van der Waals surface area contributed by atoms with Gasteiger partial charge in [0.15, 0.2) is 0 Å². The normalized spacial score (nSPS) is 26.2. The monoisotopic (exact) mass is 284 g/mol. The van der Waals surface area contributed by atoms with Crippen LogP contribution in [0.2, 0.25) is 0 Å². The Bertz CT molecular complexity index is 288. The fourth-order valence-electron chi connectivity index (χ4n) is 2.79. The molecule has 0 amide bonds. The molecule has 1 heterocycles. The van der Waals surface area contributed by atoms with E-state index in [2.05, 4.69) is 65.6 Å². The second-order valence-corrected chi connectivity index (χ2v) is 8.59. The second-order valence-electron chi connectivity index (χ2n) is 8.59. The minimum Gasteiger partial charge on any atom is -0.375 e. The highest BCUT2D eigenvalue weighted by Gasteiger charge is 2.35.